The number of piperidine rings is 1. The molecule has 0 bridgehead atoms. The highest BCUT2D eigenvalue weighted by Gasteiger charge is 2.35. The third-order valence-electron chi connectivity index (χ3n) is 5.57. The number of benzene rings is 1. The lowest BCUT2D eigenvalue weighted by molar-refractivity contribution is 0.0627. The fraction of sp³-hybridized carbons (Fsp3) is 0.682. The summed E-state index contributed by atoms with van der Waals surface area (Å²) < 4.78 is 5.76. The Kier molecular flexibility index (Phi) is 6.64. The van der Waals surface area contributed by atoms with Crippen LogP contribution >= 0.6 is 0 Å². The van der Waals surface area contributed by atoms with Gasteiger partial charge in [0.05, 0.1) is 6.61 Å². The minimum absolute atomic E-state index is 0.211. The third-order valence-corrected chi connectivity index (χ3v) is 5.57. The monoisotopic (exact) mass is 373 g/mol. The van der Waals surface area contributed by atoms with Crippen LogP contribution < -0.4 is 4.74 Å². The van der Waals surface area contributed by atoms with E-state index in [9.17, 15) is 4.79 Å². The van der Waals surface area contributed by atoms with Crippen molar-refractivity contribution < 1.29 is 9.53 Å². The predicted octanol–water partition coefficient (Wildman–Crippen LogP) is 3.69. The number of ether oxygens (including phenoxy) is 1. The quantitative estimate of drug-likeness (QED) is 0.763. The molecule has 2 amide bonds. The van der Waals surface area contributed by atoms with Crippen molar-refractivity contribution in [1.82, 2.24) is 14.7 Å². The van der Waals surface area contributed by atoms with Gasteiger partial charge in [0.25, 0.3) is 0 Å². The minimum Gasteiger partial charge on any atom is -0.493 e. The summed E-state index contributed by atoms with van der Waals surface area (Å²) in [6.07, 6.45) is 2.18. The Balaban J connectivity index is 1.61. The van der Waals surface area contributed by atoms with Crippen LogP contribution in [0.5, 0.6) is 5.75 Å². The first-order chi connectivity index (χ1) is 12.9. The first-order valence-electron chi connectivity index (χ1n) is 10.4. The minimum atomic E-state index is 0.211. The van der Waals surface area contributed by atoms with Gasteiger partial charge in [-0.1, -0.05) is 32.9 Å². The van der Waals surface area contributed by atoms with Crippen LogP contribution in [0.1, 0.15) is 39.2 Å². The van der Waals surface area contributed by atoms with Crippen molar-refractivity contribution in [2.24, 2.45) is 11.8 Å². The van der Waals surface area contributed by atoms with Crippen LogP contribution in [0, 0.1) is 11.8 Å². The molecule has 1 aromatic rings. The summed E-state index contributed by atoms with van der Waals surface area (Å²) in [5.74, 6) is 1.93. The van der Waals surface area contributed by atoms with E-state index in [0.717, 1.165) is 56.9 Å². The fourth-order valence-electron chi connectivity index (χ4n) is 4.03. The number of amides is 2. The van der Waals surface area contributed by atoms with Gasteiger partial charge in [0.15, 0.2) is 0 Å². The second kappa shape index (κ2) is 8.96. The average molecular weight is 374 g/mol. The van der Waals surface area contributed by atoms with Crippen LogP contribution in [0.2, 0.25) is 0 Å². The molecule has 2 fully saturated rings. The zero-order valence-electron chi connectivity index (χ0n) is 17.4. The molecule has 1 aromatic carbocycles. The van der Waals surface area contributed by atoms with Crippen LogP contribution in [0.4, 0.5) is 4.79 Å². The summed E-state index contributed by atoms with van der Waals surface area (Å²) in [5.41, 5.74) is 1.16. The molecule has 0 spiro atoms. The van der Waals surface area contributed by atoms with Crippen molar-refractivity contribution in [2.45, 2.75) is 46.2 Å². The first kappa shape index (κ1) is 20.0. The van der Waals surface area contributed by atoms with E-state index in [2.05, 4.69) is 49.8 Å². The third kappa shape index (κ3) is 5.38. The molecule has 1 atom stereocenters. The van der Waals surface area contributed by atoms with E-state index in [1.807, 2.05) is 17.0 Å². The molecular weight excluding hydrogens is 338 g/mol. The smallest absolute Gasteiger partial charge is 0.320 e. The second-order valence-electron chi connectivity index (χ2n) is 8.80. The van der Waals surface area contributed by atoms with E-state index in [1.165, 1.54) is 0 Å². The van der Waals surface area contributed by atoms with Crippen molar-refractivity contribution in [2.75, 3.05) is 39.8 Å². The molecule has 0 radical (unpaired) electrons. The van der Waals surface area contributed by atoms with Gasteiger partial charge in [-0.15, -0.1) is 0 Å². The largest absolute Gasteiger partial charge is 0.493 e. The number of nitrogens with zero attached hydrogens (tertiary/aromatic N) is 3. The molecule has 0 saturated carbocycles. The number of carbonyl (C=O) groups is 1. The second-order valence-corrected chi connectivity index (χ2v) is 8.80. The highest BCUT2D eigenvalue weighted by Crippen LogP contribution is 2.24. The van der Waals surface area contributed by atoms with Crippen molar-refractivity contribution in [3.05, 3.63) is 29.8 Å². The van der Waals surface area contributed by atoms with Gasteiger partial charge >= 0.3 is 6.03 Å². The summed E-state index contributed by atoms with van der Waals surface area (Å²) in [6.45, 7) is 11.9. The molecular formula is C22H35N3O2. The lowest BCUT2D eigenvalue weighted by Crippen LogP contribution is -2.57. The summed E-state index contributed by atoms with van der Waals surface area (Å²) in [6, 6.07) is 8.81. The topological polar surface area (TPSA) is 36.0 Å². The first-order valence-corrected chi connectivity index (χ1v) is 10.4. The van der Waals surface area contributed by atoms with Gasteiger partial charge in [-0.3, -0.25) is 0 Å². The molecule has 27 heavy (non-hydrogen) atoms. The zero-order valence-corrected chi connectivity index (χ0v) is 17.4. The summed E-state index contributed by atoms with van der Waals surface area (Å²) in [5, 5.41) is 0. The van der Waals surface area contributed by atoms with E-state index in [-0.39, 0.29) is 6.03 Å². The van der Waals surface area contributed by atoms with Crippen molar-refractivity contribution in [3.8, 4) is 5.75 Å². The number of likely N-dealkylation sites (tertiary alicyclic amines) is 1. The van der Waals surface area contributed by atoms with Gasteiger partial charge in [-0.25, -0.2) is 4.79 Å². The highest BCUT2D eigenvalue weighted by molar-refractivity contribution is 5.75. The Hall–Kier alpha value is -1.75. The average Bonchev–Trinajstić information content (AvgIpc) is 2.64. The summed E-state index contributed by atoms with van der Waals surface area (Å²) in [4.78, 5) is 19.6. The Bertz CT molecular complexity index is 608. The Morgan fingerprint density at radius 2 is 1.78 bits per heavy atom. The summed E-state index contributed by atoms with van der Waals surface area (Å²) >= 11 is 0. The van der Waals surface area contributed by atoms with Crippen LogP contribution in [0.15, 0.2) is 24.3 Å². The van der Waals surface area contributed by atoms with Crippen LogP contribution in [-0.2, 0) is 6.54 Å². The molecule has 2 aliphatic heterocycles. The number of hydrogen-bond donors (Lipinski definition) is 0. The van der Waals surface area contributed by atoms with Crippen molar-refractivity contribution in [1.29, 1.82) is 0 Å². The van der Waals surface area contributed by atoms with E-state index in [1.54, 1.807) is 0 Å². The Morgan fingerprint density at radius 1 is 1.11 bits per heavy atom. The van der Waals surface area contributed by atoms with Crippen LogP contribution in [0.25, 0.3) is 0 Å². The summed E-state index contributed by atoms with van der Waals surface area (Å²) in [7, 11) is 2.16. The van der Waals surface area contributed by atoms with Crippen molar-refractivity contribution in [3.63, 3.8) is 0 Å². The predicted molar refractivity (Wildman–Crippen MR) is 109 cm³/mol. The highest BCUT2D eigenvalue weighted by atomic mass is 16.5. The van der Waals surface area contributed by atoms with Gasteiger partial charge in [0, 0.05) is 25.7 Å². The molecule has 2 heterocycles. The zero-order chi connectivity index (χ0) is 19.4. The lowest BCUT2D eigenvalue weighted by atomic mass is 9.99. The molecule has 0 aromatic heterocycles. The lowest BCUT2D eigenvalue weighted by Gasteiger charge is -2.45. The maximum absolute atomic E-state index is 13.1. The molecule has 3 rings (SSSR count). The number of urea groups is 1. The van der Waals surface area contributed by atoms with Crippen LogP contribution in [-0.4, -0.2) is 66.6 Å². The molecule has 5 heteroatoms. The molecule has 5 nitrogen and oxygen atoms in total. The van der Waals surface area contributed by atoms with Gasteiger partial charge in [-0.2, -0.15) is 0 Å². The van der Waals surface area contributed by atoms with E-state index < -0.39 is 0 Å². The standard InChI is InChI=1S/C22H35N3O2/c1-17(2)16-27-21-7-5-19(6-8-21)15-24-13-18(3)14-25(22(24)26)20-9-11-23(4)12-10-20/h5-8,17-18,20H,9-16H2,1-4H3. The number of hydrogen-bond acceptors (Lipinski definition) is 3. The Morgan fingerprint density at radius 3 is 2.41 bits per heavy atom. The molecule has 2 saturated heterocycles. The van der Waals surface area contributed by atoms with E-state index in [4.69, 9.17) is 4.74 Å². The molecule has 0 aliphatic carbocycles. The van der Waals surface area contributed by atoms with Crippen molar-refractivity contribution >= 4 is 6.03 Å². The number of rotatable bonds is 6. The van der Waals surface area contributed by atoms with E-state index >= 15 is 0 Å². The van der Waals surface area contributed by atoms with Gasteiger partial charge in [0.1, 0.15) is 5.75 Å². The normalized spacial score (nSPS) is 22.6. The maximum atomic E-state index is 13.1. The van der Waals surface area contributed by atoms with Gasteiger partial charge < -0.3 is 19.4 Å². The maximum Gasteiger partial charge on any atom is 0.320 e. The van der Waals surface area contributed by atoms with Crippen LogP contribution in [0.3, 0.4) is 0 Å². The SMILES string of the molecule is CC(C)COc1ccc(CN2CC(C)CN(C3CCN(C)CC3)C2=O)cc1. The molecule has 1 unspecified atom stereocenters. The fourth-order valence-corrected chi connectivity index (χ4v) is 4.03. The van der Waals surface area contributed by atoms with Gasteiger partial charge in [0.2, 0.25) is 0 Å². The molecule has 150 valence electrons. The molecule has 2 aliphatic rings. The van der Waals surface area contributed by atoms with E-state index in [0.29, 0.717) is 24.4 Å². The molecule has 0 N–H and O–H groups in total. The number of carbonyl (C=O) groups excluding carboxylic acids is 1. The van der Waals surface area contributed by atoms with Gasteiger partial charge in [-0.05, 0) is 62.5 Å². The Labute approximate surface area is 164 Å².